The molecule has 0 radical (unpaired) electrons. The van der Waals surface area contributed by atoms with Gasteiger partial charge in [0, 0.05) is 6.42 Å². The van der Waals surface area contributed by atoms with Crippen LogP contribution < -0.4 is 0 Å². The molecule has 1 nitrogen and oxygen atoms in total. The Bertz CT molecular complexity index is 272. The minimum Gasteiger partial charge on any atom is -0.391 e. The van der Waals surface area contributed by atoms with Gasteiger partial charge in [-0.15, -0.1) is 0 Å². The molecule has 2 rings (SSSR count). The van der Waals surface area contributed by atoms with E-state index in [0.29, 0.717) is 3.92 Å². The minimum atomic E-state index is -0.173. The molecule has 0 bridgehead atoms. The molecule has 0 fully saturated rings. The first-order valence-corrected chi connectivity index (χ1v) is 4.93. The molecule has 1 aromatic carbocycles. The fraction of sp³-hybridized carbons (Fsp3) is 0.333. The van der Waals surface area contributed by atoms with Crippen molar-refractivity contribution in [3.05, 3.63) is 35.4 Å². The van der Waals surface area contributed by atoms with Crippen LogP contribution in [0, 0.1) is 0 Å². The number of rotatable bonds is 0. The van der Waals surface area contributed by atoms with Gasteiger partial charge in [0.05, 0.1) is 10.0 Å². The maximum absolute atomic E-state index is 9.51. The number of aliphatic hydroxyl groups is 1. The van der Waals surface area contributed by atoms with Crippen LogP contribution in [0.25, 0.3) is 0 Å². The van der Waals surface area contributed by atoms with Crippen LogP contribution in [0.5, 0.6) is 0 Å². The van der Waals surface area contributed by atoms with Gasteiger partial charge in [-0.2, -0.15) is 0 Å². The van der Waals surface area contributed by atoms with E-state index in [1.165, 1.54) is 11.1 Å². The number of alkyl halides is 1. The molecule has 0 heterocycles. The van der Waals surface area contributed by atoms with Crippen molar-refractivity contribution in [2.24, 2.45) is 0 Å². The molecule has 1 N–H and O–H groups in total. The molecule has 0 spiro atoms. The highest BCUT2D eigenvalue weighted by Crippen LogP contribution is 2.37. The van der Waals surface area contributed by atoms with Gasteiger partial charge in [0.15, 0.2) is 0 Å². The number of hydrogen-bond donors (Lipinski definition) is 1. The predicted octanol–water partition coefficient (Wildman–Crippen LogP) is 2.08. The molecule has 1 aliphatic carbocycles. The Morgan fingerprint density at radius 3 is 2.82 bits per heavy atom. The van der Waals surface area contributed by atoms with E-state index in [-0.39, 0.29) is 6.10 Å². The molecule has 1 unspecified atom stereocenters. The maximum Gasteiger partial charge on any atom is 0.0739 e. The van der Waals surface area contributed by atoms with E-state index < -0.39 is 0 Å². The summed E-state index contributed by atoms with van der Waals surface area (Å²) in [4.78, 5) is 0. The van der Waals surface area contributed by atoms with Crippen LogP contribution >= 0.6 is 22.6 Å². The van der Waals surface area contributed by atoms with Gasteiger partial charge < -0.3 is 5.11 Å². The molecule has 1 aliphatic rings. The van der Waals surface area contributed by atoms with Crippen LogP contribution in [-0.4, -0.2) is 11.2 Å². The summed E-state index contributed by atoms with van der Waals surface area (Å²) in [5, 5.41) is 9.51. The van der Waals surface area contributed by atoms with E-state index >= 15 is 0 Å². The topological polar surface area (TPSA) is 20.2 Å². The summed E-state index contributed by atoms with van der Waals surface area (Å²) in [6, 6.07) is 8.25. The van der Waals surface area contributed by atoms with E-state index in [2.05, 4.69) is 34.7 Å². The molecule has 11 heavy (non-hydrogen) atoms. The normalized spacial score (nSPS) is 28.5. The maximum atomic E-state index is 9.51. The lowest BCUT2D eigenvalue weighted by Gasteiger charge is -2.05. The molecule has 0 aromatic heterocycles. The highest BCUT2D eigenvalue weighted by atomic mass is 127. The first-order valence-electron chi connectivity index (χ1n) is 3.69. The Balaban J connectivity index is 2.47. The van der Waals surface area contributed by atoms with Crippen LogP contribution in [0.15, 0.2) is 24.3 Å². The number of hydrogen-bond acceptors (Lipinski definition) is 1. The Labute approximate surface area is 79.6 Å². The Morgan fingerprint density at radius 2 is 2.09 bits per heavy atom. The first kappa shape index (κ1) is 7.55. The van der Waals surface area contributed by atoms with Crippen molar-refractivity contribution < 1.29 is 5.11 Å². The molecule has 2 atom stereocenters. The summed E-state index contributed by atoms with van der Waals surface area (Å²) < 4.78 is 0.295. The standard InChI is InChI=1S/C9H9IO/c10-9-7-4-2-1-3-6(7)5-8(9)11/h1-4,8-9,11H,5H2/t8?,9-/m1/s1. The van der Waals surface area contributed by atoms with Crippen molar-refractivity contribution in [3.63, 3.8) is 0 Å². The van der Waals surface area contributed by atoms with Gasteiger partial charge in [-0.1, -0.05) is 46.9 Å². The van der Waals surface area contributed by atoms with Crippen LogP contribution in [0.2, 0.25) is 0 Å². The van der Waals surface area contributed by atoms with E-state index in [1.807, 2.05) is 12.1 Å². The fourth-order valence-electron chi connectivity index (χ4n) is 1.53. The summed E-state index contributed by atoms with van der Waals surface area (Å²) in [7, 11) is 0. The van der Waals surface area contributed by atoms with Gasteiger partial charge in [0.25, 0.3) is 0 Å². The predicted molar refractivity (Wildman–Crippen MR) is 52.9 cm³/mol. The van der Waals surface area contributed by atoms with E-state index in [1.54, 1.807) is 0 Å². The Morgan fingerprint density at radius 1 is 1.36 bits per heavy atom. The SMILES string of the molecule is OC1Cc2ccccc2[C@H]1I. The summed E-state index contributed by atoms with van der Waals surface area (Å²) in [6.45, 7) is 0. The molecular formula is C9H9IO. The summed E-state index contributed by atoms with van der Waals surface area (Å²) in [5.41, 5.74) is 2.61. The van der Waals surface area contributed by atoms with Gasteiger partial charge in [-0.05, 0) is 11.1 Å². The third kappa shape index (κ3) is 1.18. The van der Waals surface area contributed by atoms with Crippen molar-refractivity contribution in [2.75, 3.05) is 0 Å². The monoisotopic (exact) mass is 260 g/mol. The van der Waals surface area contributed by atoms with Crippen molar-refractivity contribution >= 4 is 22.6 Å². The van der Waals surface area contributed by atoms with Crippen LogP contribution in [-0.2, 0) is 6.42 Å². The average Bonchev–Trinajstić information content (AvgIpc) is 2.30. The second-order valence-corrected chi connectivity index (χ2v) is 4.21. The molecule has 0 saturated carbocycles. The summed E-state index contributed by atoms with van der Waals surface area (Å²) >= 11 is 2.30. The Kier molecular flexibility index (Phi) is 1.89. The minimum absolute atomic E-state index is 0.173. The molecule has 0 aliphatic heterocycles. The molecule has 0 saturated heterocycles. The summed E-state index contributed by atoms with van der Waals surface area (Å²) in [6.07, 6.45) is 0.650. The number of fused-ring (bicyclic) bond motifs is 1. The first-order chi connectivity index (χ1) is 5.29. The van der Waals surface area contributed by atoms with Crippen LogP contribution in [0.1, 0.15) is 15.1 Å². The smallest absolute Gasteiger partial charge is 0.0739 e. The number of aliphatic hydroxyl groups excluding tert-OH is 1. The molecule has 58 valence electrons. The highest BCUT2D eigenvalue weighted by molar-refractivity contribution is 14.1. The van der Waals surface area contributed by atoms with Crippen molar-refractivity contribution in [3.8, 4) is 0 Å². The number of halogens is 1. The van der Waals surface area contributed by atoms with Crippen molar-refractivity contribution in [1.29, 1.82) is 0 Å². The second-order valence-electron chi connectivity index (χ2n) is 2.87. The van der Waals surface area contributed by atoms with E-state index in [9.17, 15) is 5.11 Å². The van der Waals surface area contributed by atoms with Gasteiger partial charge in [0.1, 0.15) is 0 Å². The van der Waals surface area contributed by atoms with Gasteiger partial charge >= 0.3 is 0 Å². The van der Waals surface area contributed by atoms with E-state index in [0.717, 1.165) is 6.42 Å². The third-order valence-electron chi connectivity index (χ3n) is 2.12. The van der Waals surface area contributed by atoms with E-state index in [4.69, 9.17) is 0 Å². The third-order valence-corrected chi connectivity index (χ3v) is 3.62. The lowest BCUT2D eigenvalue weighted by molar-refractivity contribution is 0.188. The lowest BCUT2D eigenvalue weighted by atomic mass is 10.1. The quantitative estimate of drug-likeness (QED) is 0.559. The molecular weight excluding hydrogens is 251 g/mol. The largest absolute Gasteiger partial charge is 0.391 e. The van der Waals surface area contributed by atoms with Crippen LogP contribution in [0.4, 0.5) is 0 Å². The Hall–Kier alpha value is -0.0900. The molecule has 2 heteroatoms. The highest BCUT2D eigenvalue weighted by Gasteiger charge is 2.27. The van der Waals surface area contributed by atoms with Gasteiger partial charge in [0.2, 0.25) is 0 Å². The average molecular weight is 260 g/mol. The summed E-state index contributed by atoms with van der Waals surface area (Å²) in [5.74, 6) is 0. The zero-order valence-corrected chi connectivity index (χ0v) is 8.15. The second kappa shape index (κ2) is 2.75. The van der Waals surface area contributed by atoms with Crippen LogP contribution in [0.3, 0.4) is 0 Å². The fourth-order valence-corrected chi connectivity index (χ4v) is 2.39. The van der Waals surface area contributed by atoms with Crippen molar-refractivity contribution in [2.45, 2.75) is 16.4 Å². The lowest BCUT2D eigenvalue weighted by Crippen LogP contribution is -2.06. The zero-order chi connectivity index (χ0) is 7.84. The van der Waals surface area contributed by atoms with Crippen molar-refractivity contribution in [1.82, 2.24) is 0 Å². The van der Waals surface area contributed by atoms with Gasteiger partial charge in [-0.25, -0.2) is 0 Å². The zero-order valence-electron chi connectivity index (χ0n) is 6.00. The molecule has 1 aromatic rings. The number of benzene rings is 1. The van der Waals surface area contributed by atoms with Gasteiger partial charge in [-0.3, -0.25) is 0 Å². The molecule has 0 amide bonds.